The third-order valence-electron chi connectivity index (χ3n) is 5.83. The van der Waals surface area contributed by atoms with Crippen LogP contribution in [0.3, 0.4) is 0 Å². The van der Waals surface area contributed by atoms with Crippen molar-refractivity contribution in [2.75, 3.05) is 53.8 Å². The summed E-state index contributed by atoms with van der Waals surface area (Å²) in [6.45, 7) is 8.32. The van der Waals surface area contributed by atoms with Crippen molar-refractivity contribution in [3.63, 3.8) is 0 Å². The molecule has 2 aromatic carbocycles. The summed E-state index contributed by atoms with van der Waals surface area (Å²) < 4.78 is 19.4. The van der Waals surface area contributed by atoms with Crippen molar-refractivity contribution < 1.29 is 19.0 Å². The Hall–Kier alpha value is -1.97. The summed E-state index contributed by atoms with van der Waals surface area (Å²) in [7, 11) is 7.01. The molecule has 9 heteroatoms. The number of benzene rings is 2. The molecule has 0 aliphatic rings. The predicted molar refractivity (Wildman–Crippen MR) is 161 cm³/mol. The summed E-state index contributed by atoms with van der Waals surface area (Å²) in [5, 5.41) is 4.01. The maximum atomic E-state index is 12.3. The summed E-state index contributed by atoms with van der Waals surface area (Å²) in [6, 6.07) is 14.0. The van der Waals surface area contributed by atoms with Gasteiger partial charge in [-0.3, -0.25) is 9.52 Å². The van der Waals surface area contributed by atoms with Gasteiger partial charge in [-0.2, -0.15) is 0 Å². The Morgan fingerprint density at radius 3 is 2.47 bits per heavy atom. The third kappa shape index (κ3) is 13.2. The van der Waals surface area contributed by atoms with Crippen LogP contribution in [0.25, 0.3) is 0 Å². The normalized spacial score (nSPS) is 11.5. The number of aryl methyl sites for hydroxylation is 1. The van der Waals surface area contributed by atoms with Gasteiger partial charge < -0.3 is 24.4 Å². The fraction of sp³-hybridized carbons (Fsp3) is 0.552. The highest BCUT2D eigenvalue weighted by atomic mass is 35.5. The lowest BCUT2D eigenvalue weighted by molar-refractivity contribution is 0.0754. The smallest absolute Gasteiger partial charge is 0.253 e. The summed E-state index contributed by atoms with van der Waals surface area (Å²) in [5.74, 6) is 2.24. The van der Waals surface area contributed by atoms with E-state index < -0.39 is 0 Å². The molecule has 0 saturated carbocycles. The zero-order chi connectivity index (χ0) is 28.3. The van der Waals surface area contributed by atoms with Crippen molar-refractivity contribution in [1.29, 1.82) is 0 Å². The van der Waals surface area contributed by atoms with Crippen LogP contribution in [0.1, 0.15) is 49.5 Å². The Morgan fingerprint density at radius 2 is 1.87 bits per heavy atom. The molecule has 0 aliphatic heterocycles. The number of nitrogens with one attached hydrogen (secondary N) is 2. The van der Waals surface area contributed by atoms with Gasteiger partial charge in [0.1, 0.15) is 0 Å². The minimum atomic E-state index is -0.0330. The Balaban J connectivity index is 0.000000389. The molecular weight excluding hydrogens is 522 g/mol. The van der Waals surface area contributed by atoms with Crippen molar-refractivity contribution in [3.8, 4) is 11.5 Å². The number of halogens is 1. The van der Waals surface area contributed by atoms with Gasteiger partial charge in [-0.15, -0.1) is 0 Å². The number of likely N-dealkylation sites (N-methyl/N-ethyl adjacent to an activating group) is 1. The van der Waals surface area contributed by atoms with Crippen LogP contribution in [0.5, 0.6) is 11.5 Å². The number of methoxy groups -OCH3 is 2. The first-order chi connectivity index (χ1) is 18.3. The van der Waals surface area contributed by atoms with Crippen LogP contribution in [0.2, 0.25) is 5.02 Å². The second-order valence-corrected chi connectivity index (χ2v) is 10.4. The second-order valence-electron chi connectivity index (χ2n) is 9.08. The number of carbonyl (C=O) groups is 1. The fourth-order valence-corrected chi connectivity index (χ4v) is 4.45. The van der Waals surface area contributed by atoms with E-state index in [1.807, 2.05) is 39.1 Å². The van der Waals surface area contributed by atoms with Gasteiger partial charge in [0.25, 0.3) is 5.91 Å². The van der Waals surface area contributed by atoms with Gasteiger partial charge in [0.05, 0.1) is 13.7 Å². The van der Waals surface area contributed by atoms with Crippen molar-refractivity contribution in [3.05, 3.63) is 58.6 Å². The molecule has 0 heterocycles. The van der Waals surface area contributed by atoms with Crippen LogP contribution in [0.4, 0.5) is 0 Å². The van der Waals surface area contributed by atoms with E-state index in [0.717, 1.165) is 36.6 Å². The van der Waals surface area contributed by atoms with E-state index in [9.17, 15) is 4.79 Å². The molecule has 214 valence electrons. The van der Waals surface area contributed by atoms with E-state index in [0.29, 0.717) is 36.3 Å². The monoisotopic (exact) mass is 567 g/mol. The number of ether oxygens (including phenoxy) is 3. The third-order valence-corrected chi connectivity index (χ3v) is 6.97. The van der Waals surface area contributed by atoms with Gasteiger partial charge in [-0.25, -0.2) is 0 Å². The largest absolute Gasteiger partial charge is 0.493 e. The van der Waals surface area contributed by atoms with E-state index in [1.54, 1.807) is 56.3 Å². The van der Waals surface area contributed by atoms with Crippen molar-refractivity contribution in [1.82, 2.24) is 14.9 Å². The van der Waals surface area contributed by atoms with E-state index in [1.165, 1.54) is 5.56 Å². The van der Waals surface area contributed by atoms with E-state index in [-0.39, 0.29) is 11.9 Å². The van der Waals surface area contributed by atoms with Gasteiger partial charge >= 0.3 is 0 Å². The Labute approximate surface area is 239 Å². The van der Waals surface area contributed by atoms with Gasteiger partial charge in [-0.05, 0) is 69.6 Å². The Morgan fingerprint density at radius 1 is 1.11 bits per heavy atom. The molecule has 0 bridgehead atoms. The molecule has 38 heavy (non-hydrogen) atoms. The van der Waals surface area contributed by atoms with Gasteiger partial charge in [0, 0.05) is 62.2 Å². The SMILES string of the molecule is CCC(CNC)NSCCc1cccc(Cl)c1.COCCCOc1cc(C(=O)N(C)C(C)C)ccc1OC. The zero-order valence-electron chi connectivity index (χ0n) is 24.0. The standard InChI is InChI=1S/C16H25NO4.C13H21ClN2S/c1-12(2)17(3)16(18)13-7-8-14(20-5)15(11-13)21-10-6-9-19-4;1-3-13(10-15-2)16-17-8-7-11-5-4-6-12(14)9-11/h7-8,11-12H,6,9-10H2,1-5H3;4-6,9,13,15-16H,3,7-8,10H2,1-2H3. The van der Waals surface area contributed by atoms with Crippen LogP contribution < -0.4 is 19.5 Å². The lowest BCUT2D eigenvalue weighted by Gasteiger charge is -2.22. The summed E-state index contributed by atoms with van der Waals surface area (Å²) in [6.07, 6.45) is 2.98. The maximum Gasteiger partial charge on any atom is 0.253 e. The molecule has 2 N–H and O–H groups in total. The first-order valence-electron chi connectivity index (χ1n) is 13.1. The fourth-order valence-electron chi connectivity index (χ4n) is 3.30. The topological polar surface area (TPSA) is 72.1 Å². The van der Waals surface area contributed by atoms with Crippen LogP contribution >= 0.6 is 23.5 Å². The average Bonchev–Trinajstić information content (AvgIpc) is 2.92. The molecule has 2 rings (SSSR count). The minimum absolute atomic E-state index is 0.0330. The molecule has 1 atom stereocenters. The molecular formula is C29H46ClN3O4S. The lowest BCUT2D eigenvalue weighted by atomic mass is 10.1. The molecule has 1 amide bonds. The van der Waals surface area contributed by atoms with E-state index in [4.69, 9.17) is 25.8 Å². The minimum Gasteiger partial charge on any atom is -0.493 e. The quantitative estimate of drug-likeness (QED) is 0.199. The molecule has 0 radical (unpaired) electrons. The van der Waals surface area contributed by atoms with E-state index in [2.05, 4.69) is 23.0 Å². The molecule has 0 fully saturated rings. The van der Waals surface area contributed by atoms with Gasteiger partial charge in [0.2, 0.25) is 0 Å². The number of rotatable bonds is 16. The molecule has 0 aromatic heterocycles. The maximum absolute atomic E-state index is 12.3. The molecule has 2 aromatic rings. The number of nitrogens with zero attached hydrogens (tertiary/aromatic N) is 1. The molecule has 0 aliphatic carbocycles. The summed E-state index contributed by atoms with van der Waals surface area (Å²) >= 11 is 7.73. The van der Waals surface area contributed by atoms with Crippen molar-refractivity contribution in [2.24, 2.45) is 0 Å². The highest BCUT2D eigenvalue weighted by Gasteiger charge is 2.17. The first-order valence-corrected chi connectivity index (χ1v) is 14.5. The number of hydrogen-bond acceptors (Lipinski definition) is 7. The first kappa shape index (κ1) is 34.1. The second kappa shape index (κ2) is 20.0. The number of amides is 1. The van der Waals surface area contributed by atoms with Crippen molar-refractivity contribution >= 4 is 29.5 Å². The van der Waals surface area contributed by atoms with Crippen LogP contribution in [-0.4, -0.2) is 76.7 Å². The highest BCUT2D eigenvalue weighted by molar-refractivity contribution is 7.97. The molecule has 0 spiro atoms. The van der Waals surface area contributed by atoms with Crippen LogP contribution in [0, 0.1) is 0 Å². The molecule has 1 unspecified atom stereocenters. The lowest BCUT2D eigenvalue weighted by Crippen LogP contribution is -2.33. The molecule has 0 saturated heterocycles. The predicted octanol–water partition coefficient (Wildman–Crippen LogP) is 5.71. The zero-order valence-corrected chi connectivity index (χ0v) is 25.6. The van der Waals surface area contributed by atoms with Crippen LogP contribution in [0.15, 0.2) is 42.5 Å². The number of hydrogen-bond donors (Lipinski definition) is 2. The van der Waals surface area contributed by atoms with Crippen molar-refractivity contribution in [2.45, 2.75) is 52.1 Å². The summed E-state index contributed by atoms with van der Waals surface area (Å²) in [4.78, 5) is 14.0. The highest BCUT2D eigenvalue weighted by Crippen LogP contribution is 2.28. The van der Waals surface area contributed by atoms with Gasteiger partial charge in [0.15, 0.2) is 11.5 Å². The molecule has 7 nitrogen and oxygen atoms in total. The summed E-state index contributed by atoms with van der Waals surface area (Å²) in [5.41, 5.74) is 1.89. The van der Waals surface area contributed by atoms with Gasteiger partial charge in [-0.1, -0.05) is 42.6 Å². The van der Waals surface area contributed by atoms with Crippen LogP contribution in [-0.2, 0) is 11.2 Å². The Kier molecular flexibility index (Phi) is 17.9. The number of carbonyl (C=O) groups excluding carboxylic acids is 1. The average molecular weight is 568 g/mol. The Bertz CT molecular complexity index is 932. The van der Waals surface area contributed by atoms with E-state index >= 15 is 0 Å².